The van der Waals surface area contributed by atoms with Crippen LogP contribution < -0.4 is 4.90 Å². The summed E-state index contributed by atoms with van der Waals surface area (Å²) in [5.41, 5.74) is 5.76. The van der Waals surface area contributed by atoms with E-state index in [0.717, 1.165) is 71.8 Å². The second-order valence-corrected chi connectivity index (χ2v) is 9.18. The summed E-state index contributed by atoms with van der Waals surface area (Å²) in [6.07, 6.45) is 5.26. The lowest BCUT2D eigenvalue weighted by Gasteiger charge is -2.34. The Morgan fingerprint density at radius 3 is 2.71 bits per heavy atom. The van der Waals surface area contributed by atoms with Crippen LogP contribution in [-0.2, 0) is 16.5 Å². The molecule has 2 saturated heterocycles. The number of aryl methyl sites for hydroxylation is 1. The Hall–Kier alpha value is -3.23. The molecule has 4 aromatic rings. The summed E-state index contributed by atoms with van der Waals surface area (Å²) in [4.78, 5) is 7.49. The third kappa shape index (κ3) is 3.76. The molecule has 3 aromatic heterocycles. The highest BCUT2D eigenvalue weighted by Gasteiger charge is 2.26. The molecule has 1 unspecified atom stereocenters. The highest BCUT2D eigenvalue weighted by Crippen LogP contribution is 2.36. The lowest BCUT2D eigenvalue weighted by molar-refractivity contribution is -0.0393. The predicted octanol–water partition coefficient (Wildman–Crippen LogP) is 4.42. The zero-order valence-electron chi connectivity index (χ0n) is 19.7. The van der Waals surface area contributed by atoms with Crippen LogP contribution in [0.15, 0.2) is 48.7 Å². The molecule has 0 saturated carbocycles. The molecule has 0 aliphatic carbocycles. The second kappa shape index (κ2) is 8.85. The number of fused-ring (bicyclic) bond motifs is 1. The van der Waals surface area contributed by atoms with Gasteiger partial charge in [0, 0.05) is 32.0 Å². The summed E-state index contributed by atoms with van der Waals surface area (Å²) in [7, 11) is 1.98. The first-order chi connectivity index (χ1) is 16.7. The number of aromatic nitrogens is 5. The zero-order valence-corrected chi connectivity index (χ0v) is 19.7. The minimum Gasteiger partial charge on any atom is -0.377 e. The van der Waals surface area contributed by atoms with Gasteiger partial charge in [-0.2, -0.15) is 10.2 Å². The van der Waals surface area contributed by atoms with Crippen LogP contribution in [0.2, 0.25) is 0 Å². The van der Waals surface area contributed by atoms with E-state index in [1.165, 1.54) is 0 Å². The fraction of sp³-hybridized carbons (Fsp3) is 0.423. The molecular weight excluding hydrogens is 428 g/mol. The molecule has 1 aromatic carbocycles. The van der Waals surface area contributed by atoms with Crippen molar-refractivity contribution in [1.82, 2.24) is 24.5 Å². The van der Waals surface area contributed by atoms with Gasteiger partial charge in [0.15, 0.2) is 0 Å². The van der Waals surface area contributed by atoms with Gasteiger partial charge < -0.3 is 14.4 Å². The smallest absolute Gasteiger partial charge is 0.150 e. The van der Waals surface area contributed by atoms with E-state index < -0.39 is 0 Å². The molecule has 0 amide bonds. The molecule has 0 spiro atoms. The molecule has 2 fully saturated rings. The van der Waals surface area contributed by atoms with Crippen LogP contribution >= 0.6 is 0 Å². The Morgan fingerprint density at radius 1 is 1.03 bits per heavy atom. The third-order valence-corrected chi connectivity index (χ3v) is 6.83. The minimum atomic E-state index is -0.00456. The van der Waals surface area contributed by atoms with Crippen molar-refractivity contribution >= 4 is 16.9 Å². The van der Waals surface area contributed by atoms with E-state index in [9.17, 15) is 0 Å². The largest absolute Gasteiger partial charge is 0.377 e. The summed E-state index contributed by atoms with van der Waals surface area (Å²) in [5, 5.41) is 9.77. The van der Waals surface area contributed by atoms with Crippen molar-refractivity contribution in [1.29, 1.82) is 0 Å². The molecule has 8 heteroatoms. The zero-order chi connectivity index (χ0) is 23.1. The normalized spacial score (nSPS) is 21.3. The summed E-state index contributed by atoms with van der Waals surface area (Å²) >= 11 is 0. The number of benzene rings is 1. The predicted molar refractivity (Wildman–Crippen MR) is 132 cm³/mol. The van der Waals surface area contributed by atoms with Gasteiger partial charge >= 0.3 is 0 Å². The van der Waals surface area contributed by atoms with Gasteiger partial charge in [0.25, 0.3) is 0 Å². The molecule has 0 radical (unpaired) electrons. The topological polar surface area (TPSA) is 70.2 Å². The summed E-state index contributed by atoms with van der Waals surface area (Å²) in [6, 6.07) is 14.9. The molecule has 5 heterocycles. The summed E-state index contributed by atoms with van der Waals surface area (Å²) < 4.78 is 15.5. The van der Waals surface area contributed by atoms with E-state index in [-0.39, 0.29) is 12.3 Å². The van der Waals surface area contributed by atoms with Gasteiger partial charge in [-0.15, -0.1) is 0 Å². The van der Waals surface area contributed by atoms with Gasteiger partial charge in [0.2, 0.25) is 0 Å². The molecule has 176 valence electrons. The Morgan fingerprint density at radius 2 is 1.91 bits per heavy atom. The van der Waals surface area contributed by atoms with Crippen LogP contribution in [0.3, 0.4) is 0 Å². The number of pyridine rings is 1. The van der Waals surface area contributed by atoms with Crippen LogP contribution in [0.1, 0.15) is 32.4 Å². The maximum Gasteiger partial charge on any atom is 0.150 e. The molecule has 8 nitrogen and oxygen atoms in total. The first-order valence-electron chi connectivity index (χ1n) is 12.1. The van der Waals surface area contributed by atoms with Crippen molar-refractivity contribution in [3.05, 3.63) is 48.7 Å². The maximum atomic E-state index is 5.93. The fourth-order valence-corrected chi connectivity index (χ4v) is 5.05. The Balaban J connectivity index is 1.51. The lowest BCUT2D eigenvalue weighted by Crippen LogP contribution is -2.44. The standard InChI is InChI=1S/C26H30N6O2/c1-18-17-33-15-13-31(18)22-16-20(19-8-4-3-5-9-19)26-25(27-22)24(29-30(26)2)21-11-12-32(28-21)23-10-6-7-14-34-23/h3-5,8-9,11-12,16,18,23H,6-7,10,13-15,17H2,1-2H3/t18-,23?/m1/s1. The number of morpholine rings is 1. The van der Waals surface area contributed by atoms with Crippen LogP contribution in [0.25, 0.3) is 33.5 Å². The SMILES string of the molecule is C[C@@H]1COCCN1c1cc(-c2ccccc2)c2c(n1)c(-c1ccn(C3CCCCO3)n1)nn2C. The van der Waals surface area contributed by atoms with E-state index in [4.69, 9.17) is 24.7 Å². The van der Waals surface area contributed by atoms with Crippen molar-refractivity contribution in [3.63, 3.8) is 0 Å². The Bertz CT molecular complexity index is 1290. The van der Waals surface area contributed by atoms with E-state index in [1.54, 1.807) is 0 Å². The van der Waals surface area contributed by atoms with Crippen LogP contribution in [0.4, 0.5) is 5.82 Å². The van der Waals surface area contributed by atoms with E-state index in [0.29, 0.717) is 13.2 Å². The molecular formula is C26H30N6O2. The molecule has 0 N–H and O–H groups in total. The summed E-state index contributed by atoms with van der Waals surface area (Å²) in [5.74, 6) is 0.950. The van der Waals surface area contributed by atoms with Gasteiger partial charge in [-0.25, -0.2) is 9.67 Å². The van der Waals surface area contributed by atoms with Crippen molar-refractivity contribution < 1.29 is 9.47 Å². The highest BCUT2D eigenvalue weighted by atomic mass is 16.5. The monoisotopic (exact) mass is 458 g/mol. The number of nitrogens with zero attached hydrogens (tertiary/aromatic N) is 6. The minimum absolute atomic E-state index is 0.00456. The molecule has 2 aliphatic rings. The van der Waals surface area contributed by atoms with Crippen LogP contribution in [-0.4, -0.2) is 57.0 Å². The molecule has 6 rings (SSSR count). The van der Waals surface area contributed by atoms with Gasteiger partial charge in [0.05, 0.1) is 24.8 Å². The molecule has 0 bridgehead atoms. The van der Waals surface area contributed by atoms with Crippen LogP contribution in [0, 0.1) is 0 Å². The van der Waals surface area contributed by atoms with Gasteiger partial charge in [-0.3, -0.25) is 4.68 Å². The van der Waals surface area contributed by atoms with Crippen molar-refractivity contribution in [2.45, 2.75) is 38.5 Å². The first kappa shape index (κ1) is 21.3. The third-order valence-electron chi connectivity index (χ3n) is 6.83. The fourth-order valence-electron chi connectivity index (χ4n) is 5.05. The second-order valence-electron chi connectivity index (χ2n) is 9.18. The van der Waals surface area contributed by atoms with Gasteiger partial charge in [-0.1, -0.05) is 30.3 Å². The maximum absolute atomic E-state index is 5.93. The number of ether oxygens (including phenoxy) is 2. The average Bonchev–Trinajstić information content (AvgIpc) is 3.50. The number of anilines is 1. The van der Waals surface area contributed by atoms with Crippen molar-refractivity contribution in [2.24, 2.45) is 7.05 Å². The van der Waals surface area contributed by atoms with Crippen LogP contribution in [0.5, 0.6) is 0 Å². The summed E-state index contributed by atoms with van der Waals surface area (Å²) in [6.45, 7) is 5.19. The average molecular weight is 459 g/mol. The van der Waals surface area contributed by atoms with Crippen molar-refractivity contribution in [3.8, 4) is 22.5 Å². The van der Waals surface area contributed by atoms with E-state index in [2.05, 4.69) is 42.2 Å². The first-order valence-corrected chi connectivity index (χ1v) is 12.1. The van der Waals surface area contributed by atoms with Gasteiger partial charge in [-0.05, 0) is 43.9 Å². The Labute approximate surface area is 199 Å². The number of hydrogen-bond donors (Lipinski definition) is 0. The van der Waals surface area contributed by atoms with Gasteiger partial charge in [0.1, 0.15) is 29.0 Å². The van der Waals surface area contributed by atoms with Crippen molar-refractivity contribution in [2.75, 3.05) is 31.3 Å². The highest BCUT2D eigenvalue weighted by molar-refractivity contribution is 6.00. The number of hydrogen-bond acceptors (Lipinski definition) is 6. The lowest BCUT2D eigenvalue weighted by atomic mass is 10.0. The van der Waals surface area contributed by atoms with E-state index in [1.807, 2.05) is 34.7 Å². The molecule has 2 aliphatic heterocycles. The quantitative estimate of drug-likeness (QED) is 0.451. The molecule has 34 heavy (non-hydrogen) atoms. The molecule has 2 atom stereocenters. The van der Waals surface area contributed by atoms with E-state index >= 15 is 0 Å². The Kier molecular flexibility index (Phi) is 5.55. The number of rotatable bonds is 4.